The van der Waals surface area contributed by atoms with Gasteiger partial charge in [-0.15, -0.1) is 0 Å². The normalized spacial score (nSPS) is 21.9. The highest BCUT2D eigenvalue weighted by Crippen LogP contribution is 2.27. The molecular formula is C9H10FNO. The highest BCUT2D eigenvalue weighted by atomic mass is 19.1. The number of phenols is 1. The Kier molecular flexibility index (Phi) is 1.73. The molecule has 1 saturated heterocycles. The number of phenolic OH excluding ortho intramolecular Hbond substituents is 1. The standard InChI is InChI=1S/C9H10FNO/c10-8-5-6(12)1-2-7(8)9-3-4-11-9/h1-2,5,9,11-12H,3-4H2/t9-/m1/s1. The molecule has 0 saturated carbocycles. The van der Waals surface area contributed by atoms with Gasteiger partial charge in [0.1, 0.15) is 11.6 Å². The fourth-order valence-electron chi connectivity index (χ4n) is 1.35. The second-order valence-corrected chi connectivity index (χ2v) is 3.00. The van der Waals surface area contributed by atoms with Crippen molar-refractivity contribution in [1.29, 1.82) is 0 Å². The van der Waals surface area contributed by atoms with Crippen LogP contribution in [-0.4, -0.2) is 11.7 Å². The molecule has 0 bridgehead atoms. The van der Waals surface area contributed by atoms with Crippen molar-refractivity contribution < 1.29 is 9.50 Å². The van der Waals surface area contributed by atoms with Crippen molar-refractivity contribution in [2.45, 2.75) is 12.5 Å². The summed E-state index contributed by atoms with van der Waals surface area (Å²) in [5, 5.41) is 12.1. The number of halogens is 1. The van der Waals surface area contributed by atoms with Gasteiger partial charge in [0.25, 0.3) is 0 Å². The van der Waals surface area contributed by atoms with Crippen LogP contribution >= 0.6 is 0 Å². The largest absolute Gasteiger partial charge is 0.508 e. The molecule has 12 heavy (non-hydrogen) atoms. The van der Waals surface area contributed by atoms with Gasteiger partial charge in [0.15, 0.2) is 0 Å². The molecule has 0 amide bonds. The van der Waals surface area contributed by atoms with Gasteiger partial charge in [-0.3, -0.25) is 0 Å². The average Bonchev–Trinajstić information content (AvgIpc) is 1.91. The number of aromatic hydroxyl groups is 1. The molecule has 1 heterocycles. The zero-order valence-electron chi connectivity index (χ0n) is 6.55. The molecule has 0 radical (unpaired) electrons. The Balaban J connectivity index is 2.31. The van der Waals surface area contributed by atoms with Crippen molar-refractivity contribution in [3.05, 3.63) is 29.6 Å². The lowest BCUT2D eigenvalue weighted by atomic mass is 9.97. The predicted molar refractivity (Wildman–Crippen MR) is 43.4 cm³/mol. The van der Waals surface area contributed by atoms with Gasteiger partial charge in [0.05, 0.1) is 0 Å². The van der Waals surface area contributed by atoms with Gasteiger partial charge in [-0.05, 0) is 19.0 Å². The summed E-state index contributed by atoms with van der Waals surface area (Å²) in [5.74, 6) is -0.345. The van der Waals surface area contributed by atoms with Crippen LogP contribution in [0.3, 0.4) is 0 Å². The van der Waals surface area contributed by atoms with Gasteiger partial charge < -0.3 is 10.4 Å². The van der Waals surface area contributed by atoms with Crippen molar-refractivity contribution >= 4 is 0 Å². The van der Waals surface area contributed by atoms with Crippen LogP contribution in [0.25, 0.3) is 0 Å². The van der Waals surface area contributed by atoms with Crippen LogP contribution < -0.4 is 5.32 Å². The highest BCUT2D eigenvalue weighted by molar-refractivity contribution is 5.30. The summed E-state index contributed by atoms with van der Waals surface area (Å²) < 4.78 is 13.1. The summed E-state index contributed by atoms with van der Waals surface area (Å²) in [6.45, 7) is 0.949. The number of hydrogen-bond donors (Lipinski definition) is 2. The topological polar surface area (TPSA) is 32.3 Å². The molecular weight excluding hydrogens is 157 g/mol. The van der Waals surface area contributed by atoms with Crippen LogP contribution in [-0.2, 0) is 0 Å². The van der Waals surface area contributed by atoms with Crippen LogP contribution in [0.4, 0.5) is 4.39 Å². The van der Waals surface area contributed by atoms with Gasteiger partial charge in [0, 0.05) is 17.7 Å². The summed E-state index contributed by atoms with van der Waals surface area (Å²) in [5.41, 5.74) is 0.652. The first-order valence-electron chi connectivity index (χ1n) is 3.99. The summed E-state index contributed by atoms with van der Waals surface area (Å²) in [6.07, 6.45) is 0.974. The van der Waals surface area contributed by atoms with E-state index in [1.165, 1.54) is 6.07 Å². The third-order valence-electron chi connectivity index (χ3n) is 2.18. The Labute approximate surface area is 70.0 Å². The van der Waals surface area contributed by atoms with Gasteiger partial charge in [-0.2, -0.15) is 0 Å². The first kappa shape index (κ1) is 7.55. The van der Waals surface area contributed by atoms with E-state index in [0.717, 1.165) is 19.0 Å². The lowest BCUT2D eigenvalue weighted by Crippen LogP contribution is -2.35. The van der Waals surface area contributed by atoms with E-state index in [-0.39, 0.29) is 17.6 Å². The molecule has 2 rings (SSSR count). The Hall–Kier alpha value is -1.09. The quantitative estimate of drug-likeness (QED) is 0.665. The van der Waals surface area contributed by atoms with E-state index in [2.05, 4.69) is 5.32 Å². The molecule has 2 nitrogen and oxygen atoms in total. The minimum Gasteiger partial charge on any atom is -0.508 e. The second kappa shape index (κ2) is 2.75. The van der Waals surface area contributed by atoms with E-state index >= 15 is 0 Å². The molecule has 0 spiro atoms. The van der Waals surface area contributed by atoms with E-state index in [1.807, 2.05) is 0 Å². The predicted octanol–water partition coefficient (Wildman–Crippen LogP) is 1.57. The summed E-state index contributed by atoms with van der Waals surface area (Å²) >= 11 is 0. The first-order chi connectivity index (χ1) is 5.77. The summed E-state index contributed by atoms with van der Waals surface area (Å²) in [6, 6.07) is 4.43. The van der Waals surface area contributed by atoms with E-state index in [9.17, 15) is 4.39 Å². The third-order valence-corrected chi connectivity index (χ3v) is 2.18. The van der Waals surface area contributed by atoms with Crippen LogP contribution in [0.1, 0.15) is 18.0 Å². The minimum atomic E-state index is -0.327. The van der Waals surface area contributed by atoms with Crippen LogP contribution in [0.2, 0.25) is 0 Å². The van der Waals surface area contributed by atoms with Crippen molar-refractivity contribution in [1.82, 2.24) is 5.32 Å². The molecule has 1 aliphatic heterocycles. The lowest BCUT2D eigenvalue weighted by molar-refractivity contribution is 0.368. The number of rotatable bonds is 1. The van der Waals surface area contributed by atoms with Crippen molar-refractivity contribution in [3.63, 3.8) is 0 Å². The van der Waals surface area contributed by atoms with E-state index in [0.29, 0.717) is 5.56 Å². The first-order valence-corrected chi connectivity index (χ1v) is 3.99. The van der Waals surface area contributed by atoms with E-state index < -0.39 is 0 Å². The monoisotopic (exact) mass is 167 g/mol. The molecule has 1 fully saturated rings. The number of nitrogens with one attached hydrogen (secondary N) is 1. The van der Waals surface area contributed by atoms with E-state index in [1.54, 1.807) is 6.07 Å². The Morgan fingerprint density at radius 3 is 2.75 bits per heavy atom. The Bertz CT molecular complexity index is 297. The molecule has 2 N–H and O–H groups in total. The summed E-state index contributed by atoms with van der Waals surface area (Å²) in [7, 11) is 0. The molecule has 0 unspecified atom stereocenters. The highest BCUT2D eigenvalue weighted by Gasteiger charge is 2.21. The van der Waals surface area contributed by atoms with Crippen molar-refractivity contribution in [2.75, 3.05) is 6.54 Å². The molecule has 1 aromatic rings. The number of hydrogen-bond acceptors (Lipinski definition) is 2. The van der Waals surface area contributed by atoms with Gasteiger partial charge in [-0.1, -0.05) is 6.07 Å². The maximum atomic E-state index is 13.1. The molecule has 1 aliphatic rings. The van der Waals surface area contributed by atoms with E-state index in [4.69, 9.17) is 5.11 Å². The summed E-state index contributed by atoms with van der Waals surface area (Å²) in [4.78, 5) is 0. The van der Waals surface area contributed by atoms with Gasteiger partial charge in [-0.25, -0.2) is 4.39 Å². The average molecular weight is 167 g/mol. The maximum absolute atomic E-state index is 13.1. The second-order valence-electron chi connectivity index (χ2n) is 3.00. The number of benzene rings is 1. The Morgan fingerprint density at radius 1 is 1.50 bits per heavy atom. The Morgan fingerprint density at radius 2 is 2.25 bits per heavy atom. The lowest BCUT2D eigenvalue weighted by Gasteiger charge is -2.28. The SMILES string of the molecule is Oc1ccc([C@H]2CCN2)c(F)c1. The molecule has 0 aromatic heterocycles. The fraction of sp³-hybridized carbons (Fsp3) is 0.333. The van der Waals surface area contributed by atoms with Gasteiger partial charge >= 0.3 is 0 Å². The molecule has 64 valence electrons. The molecule has 3 heteroatoms. The third kappa shape index (κ3) is 1.16. The zero-order valence-corrected chi connectivity index (χ0v) is 6.55. The van der Waals surface area contributed by atoms with Crippen LogP contribution in [0, 0.1) is 5.82 Å². The van der Waals surface area contributed by atoms with Crippen LogP contribution in [0.5, 0.6) is 5.75 Å². The fourth-order valence-corrected chi connectivity index (χ4v) is 1.35. The molecule has 1 aromatic carbocycles. The zero-order chi connectivity index (χ0) is 8.55. The molecule has 0 aliphatic carbocycles. The smallest absolute Gasteiger partial charge is 0.131 e. The van der Waals surface area contributed by atoms with Crippen LogP contribution in [0.15, 0.2) is 18.2 Å². The van der Waals surface area contributed by atoms with Crippen molar-refractivity contribution in [2.24, 2.45) is 0 Å². The minimum absolute atomic E-state index is 0.0180. The molecule has 1 atom stereocenters. The van der Waals surface area contributed by atoms with Gasteiger partial charge in [0.2, 0.25) is 0 Å². The van der Waals surface area contributed by atoms with Crippen molar-refractivity contribution in [3.8, 4) is 5.75 Å². The maximum Gasteiger partial charge on any atom is 0.131 e.